The molecule has 0 aliphatic carbocycles. The minimum atomic E-state index is -0.711. The van der Waals surface area contributed by atoms with Gasteiger partial charge in [-0.05, 0) is 69.6 Å². The zero-order valence-electron chi connectivity index (χ0n) is 25.1. The minimum absolute atomic E-state index is 0.0957. The van der Waals surface area contributed by atoms with Crippen LogP contribution in [0.3, 0.4) is 0 Å². The summed E-state index contributed by atoms with van der Waals surface area (Å²) in [5.41, 5.74) is 4.65. The molecule has 2 heterocycles. The van der Waals surface area contributed by atoms with Gasteiger partial charge in [-0.25, -0.2) is 13.8 Å². The van der Waals surface area contributed by atoms with E-state index in [9.17, 15) is 0 Å². The van der Waals surface area contributed by atoms with Gasteiger partial charge in [-0.2, -0.15) is 4.98 Å². The van der Waals surface area contributed by atoms with Gasteiger partial charge in [-0.3, -0.25) is 4.90 Å². The fourth-order valence-corrected chi connectivity index (χ4v) is 5.19. The second-order valence-electron chi connectivity index (χ2n) is 12.0. The molecule has 7 nitrogen and oxygen atoms in total. The lowest BCUT2D eigenvalue weighted by Gasteiger charge is -2.34. The highest BCUT2D eigenvalue weighted by molar-refractivity contribution is 5.81. The molecule has 0 spiro atoms. The lowest BCUT2D eigenvalue weighted by atomic mass is 9.93. The van der Waals surface area contributed by atoms with Crippen LogP contribution in [0.1, 0.15) is 44.4 Å². The zero-order chi connectivity index (χ0) is 30.1. The van der Waals surface area contributed by atoms with E-state index in [1.165, 1.54) is 23.1 Å². The van der Waals surface area contributed by atoms with E-state index in [0.29, 0.717) is 41.9 Å². The molecule has 4 rings (SSSR count). The average molecular weight is 562 g/mol. The molecule has 1 aliphatic heterocycles. The number of rotatable bonds is 10. The Kier molecular flexibility index (Phi) is 8.68. The van der Waals surface area contributed by atoms with E-state index < -0.39 is 11.6 Å². The first-order valence-electron chi connectivity index (χ1n) is 13.8. The molecule has 0 fully saturated rings. The number of nitrogens with zero attached hydrogens (tertiary/aromatic N) is 4. The first-order chi connectivity index (χ1) is 19.3. The van der Waals surface area contributed by atoms with E-state index in [2.05, 4.69) is 61.7 Å². The molecule has 3 N–H and O–H groups in total. The third-order valence-corrected chi connectivity index (χ3v) is 6.87. The third-order valence-electron chi connectivity index (χ3n) is 6.87. The number of benzene rings is 2. The van der Waals surface area contributed by atoms with Gasteiger partial charge >= 0.3 is 0 Å². The summed E-state index contributed by atoms with van der Waals surface area (Å²) in [5, 5.41) is 9.97. The van der Waals surface area contributed by atoms with Gasteiger partial charge in [0.1, 0.15) is 29.0 Å². The van der Waals surface area contributed by atoms with Crippen LogP contribution in [0.4, 0.5) is 26.2 Å². The number of aromatic nitrogens is 2. The number of halogens is 2. The van der Waals surface area contributed by atoms with Crippen molar-refractivity contribution in [3.8, 4) is 11.3 Å². The van der Waals surface area contributed by atoms with Gasteiger partial charge in [-0.1, -0.05) is 45.2 Å². The summed E-state index contributed by atoms with van der Waals surface area (Å²) in [5.74, 6) is -0.357. The number of para-hydroxylation sites is 1. The van der Waals surface area contributed by atoms with Gasteiger partial charge in [0.05, 0.1) is 5.69 Å². The first kappa shape index (κ1) is 30.0. The summed E-state index contributed by atoms with van der Waals surface area (Å²) in [6, 6.07) is 10.1. The second kappa shape index (κ2) is 11.9. The van der Waals surface area contributed by atoms with Gasteiger partial charge in [0, 0.05) is 42.5 Å². The highest BCUT2D eigenvalue weighted by atomic mass is 19.1. The number of fused-ring (bicyclic) bond motifs is 1. The second-order valence-corrected chi connectivity index (χ2v) is 12.0. The molecule has 1 aromatic heterocycles. The van der Waals surface area contributed by atoms with E-state index >= 15 is 8.78 Å². The topological polar surface area (TPSA) is 68.3 Å². The number of hydrogen-bond donors (Lipinski definition) is 3. The Balaban J connectivity index is 1.91. The molecule has 41 heavy (non-hydrogen) atoms. The van der Waals surface area contributed by atoms with E-state index in [1.807, 2.05) is 39.2 Å². The Labute approximate surface area is 242 Å². The predicted molar refractivity (Wildman–Crippen MR) is 165 cm³/mol. The van der Waals surface area contributed by atoms with E-state index in [1.54, 1.807) is 0 Å². The molecule has 3 aromatic rings. The molecular formula is C32H41F2N7. The predicted octanol–water partition coefficient (Wildman–Crippen LogP) is 6.41. The molecule has 218 valence electrons. The zero-order valence-corrected chi connectivity index (χ0v) is 25.1. The van der Waals surface area contributed by atoms with E-state index in [0.717, 1.165) is 28.9 Å². The van der Waals surface area contributed by atoms with Gasteiger partial charge in [0.25, 0.3) is 0 Å². The Morgan fingerprint density at radius 3 is 2.46 bits per heavy atom. The van der Waals surface area contributed by atoms with Crippen molar-refractivity contribution in [2.24, 2.45) is 5.41 Å². The van der Waals surface area contributed by atoms with Crippen LogP contribution in [0.15, 0.2) is 55.4 Å². The van der Waals surface area contributed by atoms with Crippen LogP contribution in [0.5, 0.6) is 0 Å². The Hall–Kier alpha value is -3.98. The summed E-state index contributed by atoms with van der Waals surface area (Å²) < 4.78 is 30.3. The van der Waals surface area contributed by atoms with Crippen LogP contribution in [0.25, 0.3) is 17.0 Å². The van der Waals surface area contributed by atoms with Crippen molar-refractivity contribution < 1.29 is 8.78 Å². The standard InChI is InChI=1S/C32H41F2N7/c1-19(2)37-21(4)23-14-13-20(3)24(15-23)28-25-16-35-22(5)41(29-26(33)11-10-12-27(29)34)30(25)39-31(38-28)36-17-32(6,7)18-40(8)9/h10-15,19,35,37H,4-5,16-18H2,1-3,6-9H3,(H,36,38,39). The molecule has 0 unspecified atom stereocenters. The van der Waals surface area contributed by atoms with Crippen LogP contribution in [-0.4, -0.2) is 48.1 Å². The van der Waals surface area contributed by atoms with Crippen LogP contribution < -0.4 is 20.9 Å². The van der Waals surface area contributed by atoms with Crippen molar-refractivity contribution in [1.82, 2.24) is 25.5 Å². The number of anilines is 3. The summed E-state index contributed by atoms with van der Waals surface area (Å²) in [7, 11) is 4.07. The van der Waals surface area contributed by atoms with Crippen molar-refractivity contribution in [3.63, 3.8) is 0 Å². The van der Waals surface area contributed by atoms with Gasteiger partial charge in [-0.15, -0.1) is 0 Å². The van der Waals surface area contributed by atoms with Crippen molar-refractivity contribution in [2.45, 2.75) is 47.2 Å². The normalized spacial score (nSPS) is 13.3. The maximum Gasteiger partial charge on any atom is 0.225 e. The van der Waals surface area contributed by atoms with Crippen molar-refractivity contribution in [2.75, 3.05) is 37.4 Å². The van der Waals surface area contributed by atoms with Crippen molar-refractivity contribution in [1.29, 1.82) is 0 Å². The third kappa shape index (κ3) is 6.68. The highest BCUT2D eigenvalue weighted by Gasteiger charge is 2.32. The molecule has 0 bridgehead atoms. The fraction of sp³-hybridized carbons (Fsp3) is 0.375. The number of hydrogen-bond acceptors (Lipinski definition) is 7. The van der Waals surface area contributed by atoms with Crippen LogP contribution >= 0.6 is 0 Å². The molecule has 2 aromatic carbocycles. The summed E-state index contributed by atoms with van der Waals surface area (Å²) >= 11 is 0. The van der Waals surface area contributed by atoms with Gasteiger partial charge < -0.3 is 20.9 Å². The number of aryl methyl sites for hydroxylation is 1. The van der Waals surface area contributed by atoms with Crippen LogP contribution in [0.2, 0.25) is 0 Å². The summed E-state index contributed by atoms with van der Waals surface area (Å²) in [6.45, 7) is 20.5. The van der Waals surface area contributed by atoms with E-state index in [4.69, 9.17) is 9.97 Å². The Morgan fingerprint density at radius 2 is 1.83 bits per heavy atom. The molecule has 0 saturated carbocycles. The fourth-order valence-electron chi connectivity index (χ4n) is 5.19. The van der Waals surface area contributed by atoms with Crippen LogP contribution in [0, 0.1) is 24.0 Å². The Bertz CT molecular complexity index is 1440. The van der Waals surface area contributed by atoms with Crippen molar-refractivity contribution >= 4 is 23.2 Å². The molecule has 9 heteroatoms. The summed E-state index contributed by atoms with van der Waals surface area (Å²) in [6.07, 6.45) is 0. The first-order valence-corrected chi connectivity index (χ1v) is 13.8. The van der Waals surface area contributed by atoms with E-state index in [-0.39, 0.29) is 17.1 Å². The lowest BCUT2D eigenvalue weighted by Crippen LogP contribution is -2.36. The monoisotopic (exact) mass is 561 g/mol. The maximum atomic E-state index is 15.1. The smallest absolute Gasteiger partial charge is 0.225 e. The molecular weight excluding hydrogens is 520 g/mol. The molecule has 0 saturated heterocycles. The molecule has 0 atom stereocenters. The van der Waals surface area contributed by atoms with Gasteiger partial charge in [0.2, 0.25) is 5.95 Å². The van der Waals surface area contributed by atoms with Crippen molar-refractivity contribution in [3.05, 3.63) is 83.7 Å². The largest absolute Gasteiger partial charge is 0.383 e. The molecule has 0 amide bonds. The SMILES string of the molecule is C=C(NC(C)C)c1ccc(C)c(-c2nc(NCC(C)(C)CN(C)C)nc3c2CNC(=C)N3c2c(F)cccc2F)c1. The quantitative estimate of drug-likeness (QED) is 0.264. The minimum Gasteiger partial charge on any atom is -0.383 e. The number of nitrogens with one attached hydrogen (secondary N) is 3. The highest BCUT2D eigenvalue weighted by Crippen LogP contribution is 2.41. The summed E-state index contributed by atoms with van der Waals surface area (Å²) in [4.78, 5) is 13.4. The average Bonchev–Trinajstić information content (AvgIpc) is 2.87. The molecule has 1 aliphatic rings. The van der Waals surface area contributed by atoms with Crippen LogP contribution in [-0.2, 0) is 6.54 Å². The molecule has 0 radical (unpaired) electrons. The maximum absolute atomic E-state index is 15.1. The van der Waals surface area contributed by atoms with Gasteiger partial charge in [0.15, 0.2) is 0 Å². The Morgan fingerprint density at radius 1 is 1.15 bits per heavy atom. The lowest BCUT2D eigenvalue weighted by molar-refractivity contribution is 0.254.